The Morgan fingerprint density at radius 1 is 1.42 bits per heavy atom. The highest BCUT2D eigenvalue weighted by atomic mass is 79.9. The highest BCUT2D eigenvalue weighted by Gasteiger charge is 2.19. The van der Waals surface area contributed by atoms with Gasteiger partial charge in [0.05, 0.1) is 4.47 Å². The molecule has 0 heterocycles. The summed E-state index contributed by atoms with van der Waals surface area (Å²) in [7, 11) is 0. The molecule has 0 aromatic heterocycles. The molecule has 0 saturated heterocycles. The van der Waals surface area contributed by atoms with Gasteiger partial charge < -0.3 is 20.8 Å². The number of urea groups is 1. The molecular formula is C11H12BrFN2O4. The van der Waals surface area contributed by atoms with Gasteiger partial charge in [-0.2, -0.15) is 0 Å². The Kier molecular flexibility index (Phi) is 5.71. The molecule has 0 radical (unpaired) electrons. The number of halogens is 2. The van der Waals surface area contributed by atoms with Crippen LogP contribution in [0, 0.1) is 5.82 Å². The van der Waals surface area contributed by atoms with Gasteiger partial charge >= 0.3 is 12.0 Å². The predicted molar refractivity (Wildman–Crippen MR) is 69.4 cm³/mol. The van der Waals surface area contributed by atoms with Gasteiger partial charge in [0.25, 0.3) is 0 Å². The summed E-state index contributed by atoms with van der Waals surface area (Å²) in [6.07, 6.45) is -0.114. The molecule has 1 atom stereocenters. The molecule has 19 heavy (non-hydrogen) atoms. The first-order chi connectivity index (χ1) is 8.93. The molecule has 0 aliphatic rings. The number of nitrogens with one attached hydrogen (secondary N) is 2. The fraction of sp³-hybridized carbons (Fsp3) is 0.273. The minimum atomic E-state index is -1.26. The maximum absolute atomic E-state index is 13.2. The SMILES string of the molecule is O=C(Nc1ccc(Br)c(F)c1)N[C@H](CCO)C(=O)O. The summed E-state index contributed by atoms with van der Waals surface area (Å²) in [6, 6.07) is 1.96. The van der Waals surface area contributed by atoms with E-state index in [-0.39, 0.29) is 23.2 Å². The van der Waals surface area contributed by atoms with Gasteiger partial charge in [-0.25, -0.2) is 14.0 Å². The molecule has 2 amide bonds. The van der Waals surface area contributed by atoms with E-state index in [1.807, 2.05) is 0 Å². The summed E-state index contributed by atoms with van der Waals surface area (Å²) < 4.78 is 13.4. The summed E-state index contributed by atoms with van der Waals surface area (Å²) in [4.78, 5) is 22.3. The van der Waals surface area contributed by atoms with Crippen LogP contribution in [-0.2, 0) is 4.79 Å². The summed E-state index contributed by atoms with van der Waals surface area (Å²) in [5.41, 5.74) is 0.186. The summed E-state index contributed by atoms with van der Waals surface area (Å²) in [5, 5.41) is 21.9. The number of aliphatic hydroxyl groups excluding tert-OH is 1. The second-order valence-electron chi connectivity index (χ2n) is 3.63. The van der Waals surface area contributed by atoms with Crippen LogP contribution >= 0.6 is 15.9 Å². The number of aliphatic hydroxyl groups is 1. The van der Waals surface area contributed by atoms with E-state index >= 15 is 0 Å². The lowest BCUT2D eigenvalue weighted by atomic mass is 10.2. The first-order valence-corrected chi connectivity index (χ1v) is 6.09. The number of carboxylic acids is 1. The van der Waals surface area contributed by atoms with E-state index in [0.717, 1.165) is 6.07 Å². The van der Waals surface area contributed by atoms with Crippen LogP contribution in [0.3, 0.4) is 0 Å². The van der Waals surface area contributed by atoms with Crippen molar-refractivity contribution >= 4 is 33.6 Å². The van der Waals surface area contributed by atoms with Gasteiger partial charge in [-0.1, -0.05) is 0 Å². The fourth-order valence-corrected chi connectivity index (χ4v) is 1.53. The number of rotatable bonds is 5. The van der Waals surface area contributed by atoms with E-state index < -0.39 is 23.9 Å². The number of carbonyl (C=O) groups excluding carboxylic acids is 1. The van der Waals surface area contributed by atoms with Crippen molar-refractivity contribution in [2.75, 3.05) is 11.9 Å². The number of hydrogen-bond acceptors (Lipinski definition) is 3. The molecule has 1 aromatic carbocycles. The Labute approximate surface area is 116 Å². The van der Waals surface area contributed by atoms with Crippen molar-refractivity contribution in [2.45, 2.75) is 12.5 Å². The molecule has 0 aliphatic heterocycles. The second kappa shape index (κ2) is 7.05. The number of anilines is 1. The highest BCUT2D eigenvalue weighted by molar-refractivity contribution is 9.10. The summed E-state index contributed by atoms with van der Waals surface area (Å²) in [5.74, 6) is -1.81. The molecule has 4 N–H and O–H groups in total. The third-order valence-electron chi connectivity index (χ3n) is 2.20. The van der Waals surface area contributed by atoms with Gasteiger partial charge in [0, 0.05) is 18.7 Å². The van der Waals surface area contributed by atoms with Crippen molar-refractivity contribution in [3.05, 3.63) is 28.5 Å². The van der Waals surface area contributed by atoms with Crippen LogP contribution in [-0.4, -0.2) is 34.9 Å². The van der Waals surface area contributed by atoms with E-state index in [1.165, 1.54) is 12.1 Å². The number of amides is 2. The van der Waals surface area contributed by atoms with Crippen LogP contribution < -0.4 is 10.6 Å². The Hall–Kier alpha value is -1.67. The van der Waals surface area contributed by atoms with Crippen molar-refractivity contribution in [1.29, 1.82) is 0 Å². The Morgan fingerprint density at radius 3 is 2.63 bits per heavy atom. The number of hydrogen-bond donors (Lipinski definition) is 4. The molecule has 0 aliphatic carbocycles. The Morgan fingerprint density at radius 2 is 2.11 bits per heavy atom. The molecule has 6 nitrogen and oxygen atoms in total. The van der Waals surface area contributed by atoms with Crippen LogP contribution in [0.1, 0.15) is 6.42 Å². The normalized spacial score (nSPS) is 11.7. The highest BCUT2D eigenvalue weighted by Crippen LogP contribution is 2.19. The van der Waals surface area contributed by atoms with Gasteiger partial charge in [0.1, 0.15) is 11.9 Å². The van der Waals surface area contributed by atoms with Crippen molar-refractivity contribution in [3.8, 4) is 0 Å². The van der Waals surface area contributed by atoms with Crippen LogP contribution in [0.15, 0.2) is 22.7 Å². The minimum absolute atomic E-state index is 0.114. The molecule has 1 rings (SSSR count). The van der Waals surface area contributed by atoms with Crippen molar-refractivity contribution in [3.63, 3.8) is 0 Å². The quantitative estimate of drug-likeness (QED) is 0.656. The number of benzene rings is 1. The lowest BCUT2D eigenvalue weighted by Gasteiger charge is -2.14. The lowest BCUT2D eigenvalue weighted by Crippen LogP contribution is -2.43. The minimum Gasteiger partial charge on any atom is -0.480 e. The number of aliphatic carboxylic acids is 1. The molecule has 104 valence electrons. The molecular weight excluding hydrogens is 323 g/mol. The van der Waals surface area contributed by atoms with Crippen LogP contribution in [0.2, 0.25) is 0 Å². The van der Waals surface area contributed by atoms with Gasteiger partial charge in [-0.3, -0.25) is 0 Å². The standard InChI is InChI=1S/C11H12BrFN2O4/c12-7-2-1-6(5-8(7)13)14-11(19)15-9(3-4-16)10(17)18/h1-2,5,9,16H,3-4H2,(H,17,18)(H2,14,15,19)/t9-/m1/s1. The maximum atomic E-state index is 13.2. The summed E-state index contributed by atoms with van der Waals surface area (Å²) in [6.45, 7) is -0.371. The van der Waals surface area contributed by atoms with Crippen LogP contribution in [0.25, 0.3) is 0 Å². The van der Waals surface area contributed by atoms with E-state index in [9.17, 15) is 14.0 Å². The largest absolute Gasteiger partial charge is 0.480 e. The van der Waals surface area contributed by atoms with E-state index in [1.54, 1.807) is 0 Å². The second-order valence-corrected chi connectivity index (χ2v) is 4.48. The average molecular weight is 335 g/mol. The van der Waals surface area contributed by atoms with Crippen molar-refractivity contribution < 1.29 is 24.2 Å². The fourth-order valence-electron chi connectivity index (χ4n) is 1.29. The molecule has 0 saturated carbocycles. The molecule has 0 unspecified atom stereocenters. The summed E-state index contributed by atoms with van der Waals surface area (Å²) >= 11 is 2.97. The van der Waals surface area contributed by atoms with E-state index in [4.69, 9.17) is 10.2 Å². The van der Waals surface area contributed by atoms with Crippen molar-refractivity contribution in [2.24, 2.45) is 0 Å². The van der Waals surface area contributed by atoms with Gasteiger partial charge in [0.15, 0.2) is 0 Å². The molecule has 0 bridgehead atoms. The number of carboxylic acid groups (broad SMARTS) is 1. The van der Waals surface area contributed by atoms with E-state index in [2.05, 4.69) is 26.6 Å². The topological polar surface area (TPSA) is 98.7 Å². The predicted octanol–water partition coefficient (Wildman–Crippen LogP) is 1.55. The van der Waals surface area contributed by atoms with E-state index in [0.29, 0.717) is 0 Å². The van der Waals surface area contributed by atoms with Crippen LogP contribution in [0.4, 0.5) is 14.9 Å². The monoisotopic (exact) mass is 334 g/mol. The smallest absolute Gasteiger partial charge is 0.326 e. The zero-order valence-electron chi connectivity index (χ0n) is 9.69. The zero-order valence-corrected chi connectivity index (χ0v) is 11.3. The molecule has 0 spiro atoms. The third kappa shape index (κ3) is 4.84. The van der Waals surface area contributed by atoms with Crippen molar-refractivity contribution in [1.82, 2.24) is 5.32 Å². The third-order valence-corrected chi connectivity index (χ3v) is 2.84. The average Bonchev–Trinajstić information content (AvgIpc) is 2.33. The molecule has 8 heteroatoms. The molecule has 0 fully saturated rings. The van der Waals surface area contributed by atoms with Gasteiger partial charge in [0.2, 0.25) is 0 Å². The first-order valence-electron chi connectivity index (χ1n) is 5.30. The van der Waals surface area contributed by atoms with Crippen LogP contribution in [0.5, 0.6) is 0 Å². The Bertz CT molecular complexity index is 484. The maximum Gasteiger partial charge on any atom is 0.326 e. The number of carbonyl (C=O) groups is 2. The molecule has 1 aromatic rings. The Balaban J connectivity index is 2.63. The van der Waals surface area contributed by atoms with Gasteiger partial charge in [-0.15, -0.1) is 0 Å². The van der Waals surface area contributed by atoms with Gasteiger partial charge in [-0.05, 0) is 34.1 Å². The first kappa shape index (κ1) is 15.4. The zero-order chi connectivity index (χ0) is 14.4. The lowest BCUT2D eigenvalue weighted by molar-refractivity contribution is -0.139.